The molecule has 2 aliphatic heterocycles. The molecular formula is C33H32F3N7O2S. The van der Waals surface area contributed by atoms with Crippen molar-refractivity contribution in [3.05, 3.63) is 81.5 Å². The van der Waals surface area contributed by atoms with E-state index in [1.54, 1.807) is 17.0 Å². The van der Waals surface area contributed by atoms with Gasteiger partial charge in [0.2, 0.25) is 5.95 Å². The molecule has 3 aromatic heterocycles. The lowest BCUT2D eigenvalue weighted by Gasteiger charge is -2.30. The summed E-state index contributed by atoms with van der Waals surface area (Å²) < 4.78 is 50.3. The van der Waals surface area contributed by atoms with Crippen LogP contribution in [-0.4, -0.2) is 63.8 Å². The van der Waals surface area contributed by atoms with Crippen LogP contribution >= 0.6 is 11.3 Å². The van der Waals surface area contributed by atoms with E-state index in [2.05, 4.69) is 37.5 Å². The van der Waals surface area contributed by atoms with Crippen molar-refractivity contribution < 1.29 is 17.9 Å². The first-order chi connectivity index (χ1) is 22.2. The van der Waals surface area contributed by atoms with Crippen molar-refractivity contribution >= 4 is 39.7 Å². The molecule has 7 rings (SSSR count). The van der Waals surface area contributed by atoms with E-state index in [1.165, 1.54) is 34.2 Å². The maximum atomic E-state index is 14.4. The number of piperidine rings is 1. The normalized spacial score (nSPS) is 17.9. The number of anilines is 3. The topological polar surface area (TPSA) is 97.2 Å². The summed E-state index contributed by atoms with van der Waals surface area (Å²) in [6.45, 7) is 2.83. The fourth-order valence-electron chi connectivity index (χ4n) is 6.13. The highest BCUT2D eigenvalue weighted by atomic mass is 32.1. The molecule has 2 aromatic carbocycles. The van der Waals surface area contributed by atoms with Crippen LogP contribution in [0.2, 0.25) is 0 Å². The van der Waals surface area contributed by atoms with E-state index in [0.717, 1.165) is 43.4 Å². The first-order valence-corrected chi connectivity index (χ1v) is 16.1. The summed E-state index contributed by atoms with van der Waals surface area (Å²) in [4.78, 5) is 29.7. The summed E-state index contributed by atoms with van der Waals surface area (Å²) in [6, 6.07) is 13.3. The number of alkyl halides is 3. The Balaban J connectivity index is 1.23. The predicted molar refractivity (Wildman–Crippen MR) is 174 cm³/mol. The van der Waals surface area contributed by atoms with E-state index >= 15 is 0 Å². The van der Waals surface area contributed by atoms with Gasteiger partial charge >= 0.3 is 6.18 Å². The fourth-order valence-corrected chi connectivity index (χ4v) is 6.69. The minimum atomic E-state index is -4.70. The third-order valence-electron chi connectivity index (χ3n) is 8.62. The molecule has 0 radical (unpaired) electrons. The van der Waals surface area contributed by atoms with E-state index < -0.39 is 17.3 Å². The monoisotopic (exact) mass is 647 g/mol. The number of halogens is 3. The highest BCUT2D eigenvalue weighted by Gasteiger charge is 2.35. The van der Waals surface area contributed by atoms with E-state index in [1.807, 2.05) is 24.3 Å². The van der Waals surface area contributed by atoms with E-state index in [-0.39, 0.29) is 29.7 Å². The van der Waals surface area contributed by atoms with Crippen LogP contribution in [0, 0.1) is 0 Å². The third-order valence-corrected chi connectivity index (χ3v) is 9.20. The number of nitrogens with one attached hydrogen (secondary N) is 2. The number of aromatic nitrogens is 4. The maximum absolute atomic E-state index is 14.4. The molecule has 0 spiro atoms. The molecule has 1 atom stereocenters. The number of pyridine rings is 1. The first-order valence-electron chi connectivity index (χ1n) is 15.2. The summed E-state index contributed by atoms with van der Waals surface area (Å²) in [5.41, 5.74) is 2.70. The third kappa shape index (κ3) is 6.22. The molecule has 2 saturated heterocycles. The number of thiazole rings is 1. The molecule has 9 nitrogen and oxygen atoms in total. The van der Waals surface area contributed by atoms with Gasteiger partial charge in [0.05, 0.1) is 29.4 Å². The molecular weight excluding hydrogens is 615 g/mol. The summed E-state index contributed by atoms with van der Waals surface area (Å²) in [5, 5.41) is 8.93. The fraction of sp³-hybridized carbons (Fsp3) is 0.333. The van der Waals surface area contributed by atoms with E-state index in [9.17, 15) is 18.0 Å². The number of nitrogens with zero attached hydrogens (tertiary/aromatic N) is 5. The Kier molecular flexibility index (Phi) is 8.22. The zero-order valence-electron chi connectivity index (χ0n) is 25.1. The minimum absolute atomic E-state index is 0.0754. The van der Waals surface area contributed by atoms with Crippen LogP contribution in [0.15, 0.2) is 70.4 Å². The highest BCUT2D eigenvalue weighted by Crippen LogP contribution is 2.39. The maximum Gasteiger partial charge on any atom is 0.417 e. The molecule has 13 heteroatoms. The Morgan fingerprint density at radius 1 is 0.978 bits per heavy atom. The van der Waals surface area contributed by atoms with Crippen molar-refractivity contribution in [3.8, 4) is 22.4 Å². The van der Waals surface area contributed by atoms with Gasteiger partial charge in [-0.3, -0.25) is 9.36 Å². The summed E-state index contributed by atoms with van der Waals surface area (Å²) >= 11 is 1.30. The molecule has 0 bridgehead atoms. The number of fused-ring (bicyclic) bond motifs is 1. The molecule has 2 aliphatic rings. The summed E-state index contributed by atoms with van der Waals surface area (Å²) in [7, 11) is 2.14. The second-order valence-electron chi connectivity index (χ2n) is 11.8. The van der Waals surface area contributed by atoms with Gasteiger partial charge in [-0.25, -0.2) is 9.97 Å². The largest absolute Gasteiger partial charge is 0.417 e. The molecule has 5 heterocycles. The number of hydrogen-bond acceptors (Lipinski definition) is 9. The Morgan fingerprint density at radius 2 is 1.76 bits per heavy atom. The van der Waals surface area contributed by atoms with E-state index in [0.29, 0.717) is 41.4 Å². The second-order valence-corrected chi connectivity index (χ2v) is 12.5. The van der Waals surface area contributed by atoms with Gasteiger partial charge in [0.1, 0.15) is 5.65 Å². The van der Waals surface area contributed by atoms with Gasteiger partial charge in [-0.05, 0) is 81.4 Å². The van der Waals surface area contributed by atoms with Gasteiger partial charge in [-0.1, -0.05) is 12.1 Å². The van der Waals surface area contributed by atoms with Gasteiger partial charge in [-0.2, -0.15) is 18.2 Å². The molecule has 238 valence electrons. The van der Waals surface area contributed by atoms with Crippen molar-refractivity contribution in [2.45, 2.75) is 37.5 Å². The zero-order valence-corrected chi connectivity index (χ0v) is 25.9. The lowest BCUT2D eigenvalue weighted by atomic mass is 9.96. The van der Waals surface area contributed by atoms with Gasteiger partial charge < -0.3 is 20.3 Å². The van der Waals surface area contributed by atoms with Crippen LogP contribution in [0.5, 0.6) is 0 Å². The summed E-state index contributed by atoms with van der Waals surface area (Å²) in [5.74, 6) is 0.270. The van der Waals surface area contributed by atoms with Crippen LogP contribution in [0.4, 0.5) is 30.5 Å². The van der Waals surface area contributed by atoms with Gasteiger partial charge in [0, 0.05) is 52.1 Å². The molecule has 0 saturated carbocycles. The van der Waals surface area contributed by atoms with Crippen molar-refractivity contribution in [2.75, 3.05) is 44.0 Å². The molecule has 2 N–H and O–H groups in total. The second kappa shape index (κ2) is 12.5. The molecule has 5 aromatic rings. The van der Waals surface area contributed by atoms with Gasteiger partial charge in [-0.15, -0.1) is 11.3 Å². The molecule has 0 amide bonds. The number of benzene rings is 2. The zero-order chi connectivity index (χ0) is 31.8. The Labute approximate surface area is 267 Å². The Morgan fingerprint density at radius 3 is 2.46 bits per heavy atom. The molecule has 2 fully saturated rings. The van der Waals surface area contributed by atoms with Gasteiger partial charge in [0.15, 0.2) is 0 Å². The average molecular weight is 648 g/mol. The number of hydrogen-bond donors (Lipinski definition) is 2. The molecule has 1 unspecified atom stereocenters. The first kappa shape index (κ1) is 30.3. The smallest absolute Gasteiger partial charge is 0.382 e. The van der Waals surface area contributed by atoms with Crippen LogP contribution in [0.25, 0.3) is 33.4 Å². The van der Waals surface area contributed by atoms with Crippen molar-refractivity contribution in [1.82, 2.24) is 24.4 Å². The van der Waals surface area contributed by atoms with E-state index in [4.69, 9.17) is 4.74 Å². The standard InChI is InChI=1S/C33H32F3N7O2S/c1-42-11-8-24(9-12-42)39-22-3-5-23(6-4-22)40-32-37-16-21-14-27(31(44)43(30(21)41-32)25-10-13-45-17-25)26-7-2-20(29-18-46-19-38-29)15-28(26)33(34,35)36/h2-7,14-16,18-19,24-25,39H,8-13,17H2,1H3,(H,37,40,41). The molecule has 0 aliphatic carbocycles. The van der Waals surface area contributed by atoms with Crippen molar-refractivity contribution in [3.63, 3.8) is 0 Å². The van der Waals surface area contributed by atoms with Crippen LogP contribution in [0.3, 0.4) is 0 Å². The van der Waals surface area contributed by atoms with Crippen LogP contribution in [-0.2, 0) is 10.9 Å². The van der Waals surface area contributed by atoms with Crippen molar-refractivity contribution in [2.24, 2.45) is 0 Å². The summed E-state index contributed by atoms with van der Waals surface area (Å²) in [6.07, 6.45) is -0.455. The van der Waals surface area contributed by atoms with Crippen molar-refractivity contribution in [1.29, 1.82) is 0 Å². The minimum Gasteiger partial charge on any atom is -0.382 e. The number of rotatable bonds is 7. The average Bonchev–Trinajstić information content (AvgIpc) is 3.78. The Bertz CT molecular complexity index is 1900. The molecule has 46 heavy (non-hydrogen) atoms. The lowest BCUT2D eigenvalue weighted by Crippen LogP contribution is -2.36. The quantitative estimate of drug-likeness (QED) is 0.199. The Hall–Kier alpha value is -4.33. The highest BCUT2D eigenvalue weighted by molar-refractivity contribution is 7.07. The number of likely N-dealkylation sites (tertiary alicyclic amines) is 1. The van der Waals surface area contributed by atoms with Crippen LogP contribution in [0.1, 0.15) is 30.9 Å². The van der Waals surface area contributed by atoms with Gasteiger partial charge in [0.25, 0.3) is 5.56 Å². The SMILES string of the molecule is CN1CCC(Nc2ccc(Nc3ncc4cc(-c5ccc(-c6cscn6)cc5C(F)(F)F)c(=O)n(C5CCOC5)c4n3)cc2)CC1. The predicted octanol–water partition coefficient (Wildman–Crippen LogP) is 6.81. The van der Waals surface area contributed by atoms with Crippen LogP contribution < -0.4 is 16.2 Å². The lowest BCUT2D eigenvalue weighted by molar-refractivity contribution is -0.137. The number of ether oxygens (including phenoxy) is 1.